The van der Waals surface area contributed by atoms with E-state index in [1.54, 1.807) is 6.20 Å². The van der Waals surface area contributed by atoms with Gasteiger partial charge in [-0.1, -0.05) is 43.7 Å². The van der Waals surface area contributed by atoms with Crippen molar-refractivity contribution in [1.82, 2.24) is 9.88 Å². The van der Waals surface area contributed by atoms with Gasteiger partial charge in [-0.25, -0.2) is 4.98 Å². The zero-order valence-corrected chi connectivity index (χ0v) is 13.7. The Morgan fingerprint density at radius 2 is 2.04 bits per heavy atom. The van der Waals surface area contributed by atoms with Gasteiger partial charge in [-0.15, -0.1) is 0 Å². The quantitative estimate of drug-likeness (QED) is 0.877. The van der Waals surface area contributed by atoms with E-state index in [2.05, 4.69) is 36.3 Å². The first-order valence-electron chi connectivity index (χ1n) is 8.29. The summed E-state index contributed by atoms with van der Waals surface area (Å²) in [5, 5.41) is 3.47. The standard InChI is InChI=1S/C19H23N3O/c1-3-4-12-22-13-17-16(19(22)23)10-11-20-18(17)21-14(2)15-8-6-5-7-9-15/h5-11,14H,3-4,12-13H2,1-2H3,(H,20,21)/t14-/m0/s1. The number of anilines is 1. The van der Waals surface area contributed by atoms with Crippen LogP contribution in [0.5, 0.6) is 0 Å². The van der Waals surface area contributed by atoms with Crippen molar-refractivity contribution >= 4 is 11.7 Å². The molecule has 0 radical (unpaired) electrons. The molecule has 0 saturated heterocycles. The van der Waals surface area contributed by atoms with Crippen LogP contribution in [0.4, 0.5) is 5.82 Å². The number of benzene rings is 1. The number of unbranched alkanes of at least 4 members (excludes halogenated alkanes) is 1. The van der Waals surface area contributed by atoms with Crippen molar-refractivity contribution in [3.8, 4) is 0 Å². The molecule has 1 aliphatic heterocycles. The molecule has 23 heavy (non-hydrogen) atoms. The molecule has 1 atom stereocenters. The fourth-order valence-corrected chi connectivity index (χ4v) is 2.97. The Hall–Kier alpha value is -2.36. The first-order valence-corrected chi connectivity index (χ1v) is 8.29. The third-order valence-electron chi connectivity index (χ3n) is 4.36. The molecule has 0 unspecified atom stereocenters. The van der Waals surface area contributed by atoms with E-state index in [4.69, 9.17) is 0 Å². The van der Waals surface area contributed by atoms with Gasteiger partial charge in [-0.05, 0) is 25.0 Å². The molecule has 3 rings (SSSR count). The van der Waals surface area contributed by atoms with Crippen LogP contribution in [0.25, 0.3) is 0 Å². The maximum atomic E-state index is 12.5. The number of amides is 1. The summed E-state index contributed by atoms with van der Waals surface area (Å²) >= 11 is 0. The largest absolute Gasteiger partial charge is 0.363 e. The highest BCUT2D eigenvalue weighted by molar-refractivity contribution is 5.99. The molecule has 2 heterocycles. The number of rotatable bonds is 6. The molecule has 2 aromatic rings. The monoisotopic (exact) mass is 309 g/mol. The highest BCUT2D eigenvalue weighted by atomic mass is 16.2. The number of fused-ring (bicyclic) bond motifs is 1. The number of nitrogens with one attached hydrogen (secondary N) is 1. The molecule has 0 spiro atoms. The van der Waals surface area contributed by atoms with Gasteiger partial charge in [0.1, 0.15) is 5.82 Å². The van der Waals surface area contributed by atoms with Crippen LogP contribution in [-0.4, -0.2) is 22.3 Å². The predicted molar refractivity (Wildman–Crippen MR) is 92.4 cm³/mol. The van der Waals surface area contributed by atoms with Crippen LogP contribution in [-0.2, 0) is 6.54 Å². The molecule has 1 aromatic carbocycles. The van der Waals surface area contributed by atoms with Crippen molar-refractivity contribution in [2.75, 3.05) is 11.9 Å². The summed E-state index contributed by atoms with van der Waals surface area (Å²) in [5.74, 6) is 0.956. The Morgan fingerprint density at radius 3 is 2.78 bits per heavy atom. The molecular weight excluding hydrogens is 286 g/mol. The van der Waals surface area contributed by atoms with Gasteiger partial charge in [0.25, 0.3) is 5.91 Å². The molecule has 0 aliphatic carbocycles. The summed E-state index contributed by atoms with van der Waals surface area (Å²) in [7, 11) is 0. The molecule has 4 nitrogen and oxygen atoms in total. The molecule has 0 saturated carbocycles. The number of carbonyl (C=O) groups is 1. The van der Waals surface area contributed by atoms with Crippen molar-refractivity contribution < 1.29 is 4.79 Å². The number of carbonyl (C=O) groups excluding carboxylic acids is 1. The number of hydrogen-bond donors (Lipinski definition) is 1. The SMILES string of the molecule is CCCCN1Cc2c(ccnc2N[C@@H](C)c2ccccc2)C1=O. The molecule has 0 fully saturated rings. The lowest BCUT2D eigenvalue weighted by molar-refractivity contribution is 0.0776. The molecule has 1 amide bonds. The Kier molecular flexibility index (Phi) is 4.60. The van der Waals surface area contributed by atoms with Crippen LogP contribution in [0.3, 0.4) is 0 Å². The summed E-state index contributed by atoms with van der Waals surface area (Å²) in [6, 6.07) is 12.3. The zero-order valence-electron chi connectivity index (χ0n) is 13.7. The van der Waals surface area contributed by atoms with E-state index in [1.807, 2.05) is 29.2 Å². The van der Waals surface area contributed by atoms with Gasteiger partial charge in [-0.3, -0.25) is 4.79 Å². The van der Waals surface area contributed by atoms with E-state index < -0.39 is 0 Å². The summed E-state index contributed by atoms with van der Waals surface area (Å²) < 4.78 is 0. The molecule has 0 bridgehead atoms. The Morgan fingerprint density at radius 1 is 1.26 bits per heavy atom. The normalized spacial score (nSPS) is 14.7. The van der Waals surface area contributed by atoms with E-state index in [0.717, 1.165) is 36.3 Å². The minimum absolute atomic E-state index is 0.131. The first kappa shape index (κ1) is 15.5. The molecule has 1 aliphatic rings. The number of aromatic nitrogens is 1. The maximum Gasteiger partial charge on any atom is 0.254 e. The number of hydrogen-bond acceptors (Lipinski definition) is 3. The summed E-state index contributed by atoms with van der Waals surface area (Å²) in [6.07, 6.45) is 3.85. The maximum absolute atomic E-state index is 12.5. The second-order valence-electron chi connectivity index (χ2n) is 6.04. The van der Waals surface area contributed by atoms with Gasteiger partial charge in [0.2, 0.25) is 0 Å². The van der Waals surface area contributed by atoms with E-state index in [9.17, 15) is 4.79 Å². The predicted octanol–water partition coefficient (Wildman–Crippen LogP) is 4.01. The second kappa shape index (κ2) is 6.82. The minimum Gasteiger partial charge on any atom is -0.363 e. The molecule has 120 valence electrons. The van der Waals surface area contributed by atoms with Crippen LogP contribution in [0, 0.1) is 0 Å². The van der Waals surface area contributed by atoms with Crippen LogP contribution < -0.4 is 5.32 Å². The molecule has 4 heteroatoms. The lowest BCUT2D eigenvalue weighted by atomic mass is 10.1. The lowest BCUT2D eigenvalue weighted by Gasteiger charge is -2.17. The van der Waals surface area contributed by atoms with Crippen LogP contribution in [0.2, 0.25) is 0 Å². The number of nitrogens with zero attached hydrogens (tertiary/aromatic N) is 2. The Bertz CT molecular complexity index is 684. The van der Waals surface area contributed by atoms with Crippen LogP contribution in [0.1, 0.15) is 54.2 Å². The summed E-state index contributed by atoms with van der Waals surface area (Å²) in [4.78, 5) is 18.9. The van der Waals surface area contributed by atoms with Crippen molar-refractivity contribution in [2.24, 2.45) is 0 Å². The van der Waals surface area contributed by atoms with Crippen LogP contribution >= 0.6 is 0 Å². The number of pyridine rings is 1. The first-order chi connectivity index (χ1) is 11.2. The minimum atomic E-state index is 0.131. The van der Waals surface area contributed by atoms with E-state index in [0.29, 0.717) is 6.54 Å². The van der Waals surface area contributed by atoms with Crippen molar-refractivity contribution in [2.45, 2.75) is 39.3 Å². The zero-order chi connectivity index (χ0) is 16.2. The third-order valence-corrected chi connectivity index (χ3v) is 4.36. The van der Waals surface area contributed by atoms with E-state index in [1.165, 1.54) is 5.56 Å². The topological polar surface area (TPSA) is 45.2 Å². The van der Waals surface area contributed by atoms with Gasteiger partial charge in [0.15, 0.2) is 0 Å². The van der Waals surface area contributed by atoms with Crippen molar-refractivity contribution in [3.05, 3.63) is 59.3 Å². The third kappa shape index (κ3) is 3.21. The average molecular weight is 309 g/mol. The van der Waals surface area contributed by atoms with Gasteiger partial charge in [0.05, 0.1) is 6.54 Å². The second-order valence-corrected chi connectivity index (χ2v) is 6.04. The van der Waals surface area contributed by atoms with E-state index >= 15 is 0 Å². The Balaban J connectivity index is 1.80. The summed E-state index contributed by atoms with van der Waals surface area (Å²) in [5.41, 5.74) is 3.02. The molecule has 1 aromatic heterocycles. The van der Waals surface area contributed by atoms with Gasteiger partial charge in [0, 0.05) is 29.9 Å². The highest BCUT2D eigenvalue weighted by Crippen LogP contribution is 2.30. The van der Waals surface area contributed by atoms with Crippen LogP contribution in [0.15, 0.2) is 42.6 Å². The molecular formula is C19H23N3O. The van der Waals surface area contributed by atoms with Crippen molar-refractivity contribution in [3.63, 3.8) is 0 Å². The van der Waals surface area contributed by atoms with E-state index in [-0.39, 0.29) is 11.9 Å². The summed E-state index contributed by atoms with van der Waals surface area (Å²) in [6.45, 7) is 5.73. The van der Waals surface area contributed by atoms with Gasteiger partial charge >= 0.3 is 0 Å². The smallest absolute Gasteiger partial charge is 0.254 e. The fraction of sp³-hybridized carbons (Fsp3) is 0.368. The average Bonchev–Trinajstić information content (AvgIpc) is 2.91. The fourth-order valence-electron chi connectivity index (χ4n) is 2.97. The van der Waals surface area contributed by atoms with Crippen molar-refractivity contribution in [1.29, 1.82) is 0 Å². The highest BCUT2D eigenvalue weighted by Gasteiger charge is 2.29. The Labute approximate surface area is 137 Å². The molecule has 1 N–H and O–H groups in total. The van der Waals surface area contributed by atoms with Gasteiger partial charge in [-0.2, -0.15) is 0 Å². The lowest BCUT2D eigenvalue weighted by Crippen LogP contribution is -2.24. The van der Waals surface area contributed by atoms with Gasteiger partial charge < -0.3 is 10.2 Å².